The lowest BCUT2D eigenvalue weighted by Crippen LogP contribution is -2.47. The summed E-state index contributed by atoms with van der Waals surface area (Å²) < 4.78 is 1.86. The van der Waals surface area contributed by atoms with E-state index in [-0.39, 0.29) is 30.6 Å². The van der Waals surface area contributed by atoms with Crippen LogP contribution in [0.3, 0.4) is 0 Å². The van der Waals surface area contributed by atoms with Crippen molar-refractivity contribution in [2.45, 2.75) is 71.4 Å². The molecule has 1 saturated carbocycles. The van der Waals surface area contributed by atoms with E-state index in [9.17, 15) is 9.90 Å². The fraction of sp³-hybridized carbons (Fsp3) is 0.778. The Hall–Kier alpha value is -1.56. The van der Waals surface area contributed by atoms with Gasteiger partial charge >= 0.3 is 6.03 Å². The molecular weight excluding hydrogens is 304 g/mol. The van der Waals surface area contributed by atoms with Crippen molar-refractivity contribution in [1.29, 1.82) is 0 Å². The predicted molar refractivity (Wildman–Crippen MR) is 94.8 cm³/mol. The Kier molecular flexibility index (Phi) is 6.66. The molecule has 1 aromatic rings. The van der Waals surface area contributed by atoms with Crippen molar-refractivity contribution < 1.29 is 9.90 Å². The van der Waals surface area contributed by atoms with Gasteiger partial charge < -0.3 is 15.7 Å². The quantitative estimate of drug-likeness (QED) is 0.723. The molecule has 3 N–H and O–H groups in total. The van der Waals surface area contributed by atoms with Gasteiger partial charge in [-0.3, -0.25) is 4.68 Å². The van der Waals surface area contributed by atoms with Crippen LogP contribution in [0.25, 0.3) is 0 Å². The Labute approximate surface area is 145 Å². The van der Waals surface area contributed by atoms with Crippen LogP contribution < -0.4 is 10.6 Å². The van der Waals surface area contributed by atoms with Gasteiger partial charge in [-0.1, -0.05) is 26.2 Å². The van der Waals surface area contributed by atoms with Crippen LogP contribution in [0.5, 0.6) is 0 Å². The van der Waals surface area contributed by atoms with Crippen molar-refractivity contribution >= 4 is 6.03 Å². The molecule has 1 aliphatic rings. The van der Waals surface area contributed by atoms with Gasteiger partial charge in [-0.25, -0.2) is 4.79 Å². The van der Waals surface area contributed by atoms with E-state index in [4.69, 9.17) is 0 Å². The maximum absolute atomic E-state index is 12.5. The molecule has 6 nitrogen and oxygen atoms in total. The minimum absolute atomic E-state index is 0.0444. The molecule has 0 aliphatic heterocycles. The van der Waals surface area contributed by atoms with Crippen LogP contribution in [-0.4, -0.2) is 33.6 Å². The van der Waals surface area contributed by atoms with Crippen LogP contribution in [0.2, 0.25) is 0 Å². The Balaban J connectivity index is 2.03. The van der Waals surface area contributed by atoms with E-state index < -0.39 is 0 Å². The first-order valence-electron chi connectivity index (χ1n) is 9.15. The van der Waals surface area contributed by atoms with Crippen molar-refractivity contribution in [1.82, 2.24) is 20.4 Å². The average Bonchev–Trinajstić information content (AvgIpc) is 2.71. The zero-order valence-corrected chi connectivity index (χ0v) is 15.4. The number of nitrogens with zero attached hydrogens (tertiary/aromatic N) is 2. The van der Waals surface area contributed by atoms with E-state index in [1.165, 1.54) is 6.42 Å². The van der Waals surface area contributed by atoms with Crippen LogP contribution >= 0.6 is 0 Å². The van der Waals surface area contributed by atoms with Crippen LogP contribution in [0.4, 0.5) is 4.79 Å². The highest BCUT2D eigenvalue weighted by molar-refractivity contribution is 5.75. The van der Waals surface area contributed by atoms with Crippen LogP contribution in [0.15, 0.2) is 0 Å². The molecule has 1 aliphatic carbocycles. The normalized spacial score (nSPS) is 22.7. The molecule has 24 heavy (non-hydrogen) atoms. The summed E-state index contributed by atoms with van der Waals surface area (Å²) in [5, 5.41) is 20.3. The summed E-state index contributed by atoms with van der Waals surface area (Å²) in [6, 6.07) is -0.127. The lowest BCUT2D eigenvalue weighted by molar-refractivity contribution is 0.178. The van der Waals surface area contributed by atoms with Crippen LogP contribution in [0.1, 0.15) is 68.4 Å². The summed E-state index contributed by atoms with van der Waals surface area (Å²) in [6.07, 6.45) is 6.17. The minimum atomic E-state index is -0.144. The lowest BCUT2D eigenvalue weighted by Gasteiger charge is -2.26. The number of aryl methyl sites for hydroxylation is 2. The molecule has 6 heteroatoms. The monoisotopic (exact) mass is 336 g/mol. The maximum Gasteiger partial charge on any atom is 0.315 e. The van der Waals surface area contributed by atoms with E-state index >= 15 is 0 Å². The number of nitrogens with one attached hydrogen (secondary N) is 2. The Bertz CT molecular complexity index is 555. The SMILES string of the molecule is CCC(NC(=O)NC1CCCCCC1CO)c1c(C)nn(C)c1C. The van der Waals surface area contributed by atoms with Crippen molar-refractivity contribution in [3.05, 3.63) is 17.0 Å². The number of aromatic nitrogens is 2. The highest BCUT2D eigenvalue weighted by Gasteiger charge is 2.26. The third kappa shape index (κ3) is 4.29. The number of aliphatic hydroxyl groups excluding tert-OH is 1. The fourth-order valence-electron chi connectivity index (χ4n) is 3.83. The molecule has 0 radical (unpaired) electrons. The molecular formula is C18H32N4O2. The summed E-state index contributed by atoms with van der Waals surface area (Å²) in [4.78, 5) is 12.5. The molecule has 0 saturated heterocycles. The zero-order valence-electron chi connectivity index (χ0n) is 15.4. The van der Waals surface area contributed by atoms with E-state index in [0.717, 1.165) is 49.1 Å². The van der Waals surface area contributed by atoms with Gasteiger partial charge in [0.2, 0.25) is 0 Å². The first kappa shape index (κ1) is 18.8. The summed E-state index contributed by atoms with van der Waals surface area (Å²) in [7, 11) is 1.93. The second-order valence-corrected chi connectivity index (χ2v) is 6.97. The van der Waals surface area contributed by atoms with E-state index in [2.05, 4.69) is 22.7 Å². The second kappa shape index (κ2) is 8.51. The highest BCUT2D eigenvalue weighted by atomic mass is 16.3. The summed E-state index contributed by atoms with van der Waals surface area (Å²) in [5.74, 6) is 0.167. The summed E-state index contributed by atoms with van der Waals surface area (Å²) in [6.45, 7) is 6.23. The van der Waals surface area contributed by atoms with E-state index in [1.54, 1.807) is 0 Å². The fourth-order valence-corrected chi connectivity index (χ4v) is 3.83. The first-order valence-corrected chi connectivity index (χ1v) is 9.15. The zero-order chi connectivity index (χ0) is 17.7. The third-order valence-electron chi connectivity index (χ3n) is 5.34. The van der Waals surface area contributed by atoms with Crippen LogP contribution in [-0.2, 0) is 7.05 Å². The molecule has 0 bridgehead atoms. The van der Waals surface area contributed by atoms with Gasteiger partial charge in [0.25, 0.3) is 0 Å². The molecule has 1 heterocycles. The van der Waals surface area contributed by atoms with Crippen LogP contribution in [0, 0.1) is 19.8 Å². The largest absolute Gasteiger partial charge is 0.396 e. The predicted octanol–water partition coefficient (Wildman–Crippen LogP) is 2.73. The first-order chi connectivity index (χ1) is 11.5. The summed E-state index contributed by atoms with van der Waals surface area (Å²) >= 11 is 0. The number of amides is 2. The number of hydrogen-bond acceptors (Lipinski definition) is 3. The number of carbonyl (C=O) groups excluding carboxylic acids is 1. The smallest absolute Gasteiger partial charge is 0.315 e. The van der Waals surface area contributed by atoms with Gasteiger partial charge in [0, 0.05) is 36.9 Å². The number of aliphatic hydroxyl groups is 1. The molecule has 2 amide bonds. The standard InChI is InChI=1S/C18H32N4O2/c1-5-15(17-12(2)21-22(4)13(17)3)19-18(24)20-16-10-8-6-7-9-14(16)11-23/h14-16,23H,5-11H2,1-4H3,(H2,19,20,24). The molecule has 3 unspecified atom stereocenters. The van der Waals surface area contributed by atoms with Gasteiger partial charge in [-0.2, -0.15) is 5.10 Å². The molecule has 0 aromatic carbocycles. The second-order valence-electron chi connectivity index (χ2n) is 6.97. The molecule has 3 atom stereocenters. The van der Waals surface area contributed by atoms with Crippen molar-refractivity contribution in [2.75, 3.05) is 6.61 Å². The Morgan fingerprint density at radius 3 is 2.62 bits per heavy atom. The van der Waals surface area contributed by atoms with Gasteiger partial charge in [0.1, 0.15) is 0 Å². The van der Waals surface area contributed by atoms with Gasteiger partial charge in [0.05, 0.1) is 11.7 Å². The van der Waals surface area contributed by atoms with Crippen molar-refractivity contribution in [2.24, 2.45) is 13.0 Å². The van der Waals surface area contributed by atoms with Gasteiger partial charge in [0.15, 0.2) is 0 Å². The lowest BCUT2D eigenvalue weighted by atomic mass is 9.96. The molecule has 2 rings (SSSR count). The van der Waals surface area contributed by atoms with Gasteiger partial charge in [-0.05, 0) is 33.1 Å². The highest BCUT2D eigenvalue weighted by Crippen LogP contribution is 2.25. The topological polar surface area (TPSA) is 79.2 Å². The van der Waals surface area contributed by atoms with E-state index in [1.807, 2.05) is 25.6 Å². The van der Waals surface area contributed by atoms with E-state index in [0.29, 0.717) is 0 Å². The molecule has 1 fully saturated rings. The molecule has 0 spiro atoms. The van der Waals surface area contributed by atoms with Gasteiger partial charge in [-0.15, -0.1) is 0 Å². The Morgan fingerprint density at radius 2 is 2.04 bits per heavy atom. The summed E-state index contributed by atoms with van der Waals surface area (Å²) in [5.41, 5.74) is 3.15. The number of carbonyl (C=O) groups is 1. The Morgan fingerprint density at radius 1 is 1.33 bits per heavy atom. The molecule has 136 valence electrons. The van der Waals surface area contributed by atoms with Crippen molar-refractivity contribution in [3.8, 4) is 0 Å². The average molecular weight is 336 g/mol. The number of urea groups is 1. The van der Waals surface area contributed by atoms with Crippen molar-refractivity contribution in [3.63, 3.8) is 0 Å². The minimum Gasteiger partial charge on any atom is -0.396 e. The molecule has 1 aromatic heterocycles. The third-order valence-corrected chi connectivity index (χ3v) is 5.34. The number of hydrogen-bond donors (Lipinski definition) is 3. The number of rotatable bonds is 5. The maximum atomic E-state index is 12.5.